The van der Waals surface area contributed by atoms with E-state index in [9.17, 15) is 4.79 Å². The molecule has 0 fully saturated rings. The molecule has 1 aromatic carbocycles. The molecule has 8 heteroatoms. The number of nitrogens with one attached hydrogen (secondary N) is 1. The number of nitrogens with zero attached hydrogens (tertiary/aromatic N) is 2. The molecular formula is C21H31N3O4S. The molecule has 1 amide bonds. The first-order valence-electron chi connectivity index (χ1n) is 9.80. The van der Waals surface area contributed by atoms with Crippen LogP contribution >= 0.6 is 11.8 Å². The summed E-state index contributed by atoms with van der Waals surface area (Å²) in [6.07, 6.45) is 0. The third kappa shape index (κ3) is 6.97. The van der Waals surface area contributed by atoms with Crippen molar-refractivity contribution in [1.82, 2.24) is 10.1 Å². The van der Waals surface area contributed by atoms with Gasteiger partial charge in [-0.25, -0.2) is 0 Å². The summed E-state index contributed by atoms with van der Waals surface area (Å²) in [5, 5.41) is 6.86. The first-order chi connectivity index (χ1) is 14.0. The molecule has 0 atom stereocenters. The van der Waals surface area contributed by atoms with Crippen molar-refractivity contribution >= 4 is 23.4 Å². The van der Waals surface area contributed by atoms with Gasteiger partial charge in [0.15, 0.2) is 11.5 Å². The van der Waals surface area contributed by atoms with Gasteiger partial charge < -0.3 is 24.2 Å². The third-order valence-corrected chi connectivity index (χ3v) is 5.63. The van der Waals surface area contributed by atoms with E-state index in [1.807, 2.05) is 19.9 Å². The van der Waals surface area contributed by atoms with Gasteiger partial charge in [0.25, 0.3) is 0 Å². The fraction of sp³-hybridized carbons (Fsp3) is 0.524. The minimum absolute atomic E-state index is 0.0685. The van der Waals surface area contributed by atoms with Crippen molar-refractivity contribution in [2.24, 2.45) is 0 Å². The Kier molecular flexibility index (Phi) is 9.34. The van der Waals surface area contributed by atoms with Gasteiger partial charge in [-0.2, -0.15) is 0 Å². The molecule has 0 aliphatic carbocycles. The molecule has 7 nitrogen and oxygen atoms in total. The molecule has 2 rings (SSSR count). The summed E-state index contributed by atoms with van der Waals surface area (Å²) in [5.41, 5.74) is 2.61. The molecule has 0 radical (unpaired) electrons. The highest BCUT2D eigenvalue weighted by Crippen LogP contribution is 2.30. The fourth-order valence-corrected chi connectivity index (χ4v) is 3.82. The Morgan fingerprint density at radius 1 is 1.24 bits per heavy atom. The maximum atomic E-state index is 12.3. The van der Waals surface area contributed by atoms with E-state index in [-0.39, 0.29) is 5.91 Å². The lowest BCUT2D eigenvalue weighted by Crippen LogP contribution is -2.28. The van der Waals surface area contributed by atoms with Crippen LogP contribution in [0.15, 0.2) is 22.7 Å². The Balaban J connectivity index is 1.88. The normalized spacial score (nSPS) is 11.0. The van der Waals surface area contributed by atoms with Crippen LogP contribution in [0.4, 0.5) is 5.69 Å². The number of aromatic nitrogens is 1. The molecule has 29 heavy (non-hydrogen) atoms. The van der Waals surface area contributed by atoms with Crippen LogP contribution < -0.4 is 14.8 Å². The van der Waals surface area contributed by atoms with E-state index in [2.05, 4.69) is 29.2 Å². The lowest BCUT2D eigenvalue weighted by Gasteiger charge is -2.19. The minimum atomic E-state index is -0.0685. The smallest absolute Gasteiger partial charge is 0.234 e. The molecule has 0 aliphatic rings. The van der Waals surface area contributed by atoms with Crippen molar-refractivity contribution in [2.75, 3.05) is 44.4 Å². The number of amides is 1. The molecular weight excluding hydrogens is 390 g/mol. The number of rotatable bonds is 12. The van der Waals surface area contributed by atoms with Crippen molar-refractivity contribution in [3.05, 3.63) is 35.2 Å². The number of hydrogen-bond acceptors (Lipinski definition) is 7. The number of thioether (sulfide) groups is 1. The van der Waals surface area contributed by atoms with Crippen molar-refractivity contribution in [1.29, 1.82) is 0 Å². The highest BCUT2D eigenvalue weighted by Gasteiger charge is 2.12. The van der Waals surface area contributed by atoms with Crippen LogP contribution in [-0.2, 0) is 10.5 Å². The molecule has 0 aliphatic heterocycles. The highest BCUT2D eigenvalue weighted by atomic mass is 32.2. The van der Waals surface area contributed by atoms with Crippen molar-refractivity contribution in [2.45, 2.75) is 33.4 Å². The van der Waals surface area contributed by atoms with E-state index in [1.165, 1.54) is 11.8 Å². The molecule has 0 bridgehead atoms. The standard InChI is InChI=1S/C21H31N3O4S/c1-6-24(7-2)10-11-27-20-12-17(8-9-19(20)26-5)22-21(25)14-29-13-18-15(3)23-28-16(18)4/h8-9,12H,6-7,10-11,13-14H2,1-5H3,(H,22,25). The maximum Gasteiger partial charge on any atom is 0.234 e. The molecule has 0 saturated carbocycles. The van der Waals surface area contributed by atoms with Crippen LogP contribution in [0.1, 0.15) is 30.9 Å². The Morgan fingerprint density at radius 2 is 2.00 bits per heavy atom. The second-order valence-electron chi connectivity index (χ2n) is 6.58. The summed E-state index contributed by atoms with van der Waals surface area (Å²) < 4.78 is 16.4. The molecule has 2 aromatic rings. The predicted octanol–water partition coefficient (Wildman–Crippen LogP) is 3.89. The average Bonchev–Trinajstić information content (AvgIpc) is 3.03. The zero-order valence-electron chi connectivity index (χ0n) is 17.9. The number of likely N-dealkylation sites (N-methyl/N-ethyl adjacent to an activating group) is 1. The zero-order valence-corrected chi connectivity index (χ0v) is 18.7. The second kappa shape index (κ2) is 11.7. The van der Waals surface area contributed by atoms with Crippen LogP contribution in [0.25, 0.3) is 0 Å². The van der Waals surface area contributed by atoms with Gasteiger partial charge in [-0.15, -0.1) is 11.8 Å². The Bertz CT molecular complexity index is 771. The number of benzene rings is 1. The van der Waals surface area contributed by atoms with Gasteiger partial charge in [-0.05, 0) is 39.1 Å². The summed E-state index contributed by atoms with van der Waals surface area (Å²) in [7, 11) is 1.61. The molecule has 1 heterocycles. The van der Waals surface area contributed by atoms with Crippen molar-refractivity contribution < 1.29 is 18.8 Å². The number of methoxy groups -OCH3 is 1. The van der Waals surface area contributed by atoms with Crippen molar-refractivity contribution in [3.63, 3.8) is 0 Å². The molecule has 0 saturated heterocycles. The molecule has 0 unspecified atom stereocenters. The van der Waals surface area contributed by atoms with Gasteiger partial charge in [0.1, 0.15) is 12.4 Å². The van der Waals surface area contributed by atoms with Gasteiger partial charge >= 0.3 is 0 Å². The predicted molar refractivity (Wildman–Crippen MR) is 117 cm³/mol. The first-order valence-corrected chi connectivity index (χ1v) is 11.0. The van der Waals surface area contributed by atoms with Crippen LogP contribution in [0, 0.1) is 13.8 Å². The van der Waals surface area contributed by atoms with E-state index >= 15 is 0 Å². The largest absolute Gasteiger partial charge is 0.493 e. The van der Waals surface area contributed by atoms with Gasteiger partial charge in [0, 0.05) is 29.6 Å². The minimum Gasteiger partial charge on any atom is -0.493 e. The first kappa shape index (κ1) is 23.1. The van der Waals surface area contributed by atoms with Gasteiger partial charge in [-0.3, -0.25) is 4.79 Å². The van der Waals surface area contributed by atoms with Crippen LogP contribution in [-0.4, -0.2) is 55.1 Å². The third-order valence-electron chi connectivity index (χ3n) is 4.67. The van der Waals surface area contributed by atoms with Crippen LogP contribution in [0.2, 0.25) is 0 Å². The van der Waals surface area contributed by atoms with Gasteiger partial charge in [-0.1, -0.05) is 19.0 Å². The van der Waals surface area contributed by atoms with E-state index in [0.29, 0.717) is 35.3 Å². The summed E-state index contributed by atoms with van der Waals surface area (Å²) >= 11 is 1.53. The summed E-state index contributed by atoms with van der Waals surface area (Å²) in [5.74, 6) is 3.04. The maximum absolute atomic E-state index is 12.3. The zero-order chi connectivity index (χ0) is 21.2. The highest BCUT2D eigenvalue weighted by molar-refractivity contribution is 7.99. The van der Waals surface area contributed by atoms with Crippen LogP contribution in [0.5, 0.6) is 11.5 Å². The number of aryl methyl sites for hydroxylation is 2. The summed E-state index contributed by atoms with van der Waals surface area (Å²) in [6, 6.07) is 5.42. The van der Waals surface area contributed by atoms with Gasteiger partial charge in [0.05, 0.1) is 18.6 Å². The summed E-state index contributed by atoms with van der Waals surface area (Å²) in [4.78, 5) is 14.6. The Labute approximate surface area is 177 Å². The average molecular weight is 422 g/mol. The van der Waals surface area contributed by atoms with Gasteiger partial charge in [0.2, 0.25) is 5.91 Å². The Morgan fingerprint density at radius 3 is 2.62 bits per heavy atom. The van der Waals surface area contributed by atoms with E-state index in [1.54, 1.807) is 19.2 Å². The lowest BCUT2D eigenvalue weighted by atomic mass is 10.2. The lowest BCUT2D eigenvalue weighted by molar-refractivity contribution is -0.113. The molecule has 1 N–H and O–H groups in total. The van der Waals surface area contributed by atoms with E-state index < -0.39 is 0 Å². The fourth-order valence-electron chi connectivity index (χ4n) is 2.84. The van der Waals surface area contributed by atoms with Crippen molar-refractivity contribution in [3.8, 4) is 11.5 Å². The van der Waals surface area contributed by atoms with Crippen LogP contribution in [0.3, 0.4) is 0 Å². The number of hydrogen-bond donors (Lipinski definition) is 1. The molecule has 1 aromatic heterocycles. The number of carbonyl (C=O) groups is 1. The number of carbonyl (C=O) groups excluding carboxylic acids is 1. The quantitative estimate of drug-likeness (QED) is 0.557. The Hall–Kier alpha value is -2.19. The SMILES string of the molecule is CCN(CC)CCOc1cc(NC(=O)CSCc2c(C)noc2C)ccc1OC. The summed E-state index contributed by atoms with van der Waals surface area (Å²) in [6.45, 7) is 11.4. The number of ether oxygens (including phenoxy) is 2. The molecule has 0 spiro atoms. The monoisotopic (exact) mass is 421 g/mol. The van der Waals surface area contributed by atoms with E-state index in [0.717, 1.165) is 36.7 Å². The molecule has 160 valence electrons. The second-order valence-corrected chi connectivity index (χ2v) is 7.57. The topological polar surface area (TPSA) is 76.8 Å². The number of anilines is 1. The van der Waals surface area contributed by atoms with E-state index in [4.69, 9.17) is 14.0 Å².